The van der Waals surface area contributed by atoms with Crippen molar-refractivity contribution in [2.24, 2.45) is 10.2 Å². The molecule has 0 aliphatic rings. The topological polar surface area (TPSA) is 101 Å². The molecule has 2 amide bonds. The summed E-state index contributed by atoms with van der Waals surface area (Å²) in [6, 6.07) is 21.4. The van der Waals surface area contributed by atoms with Crippen LogP contribution < -0.4 is 20.3 Å². The van der Waals surface area contributed by atoms with Crippen LogP contribution in [0.1, 0.15) is 291 Å². The molecule has 0 bridgehead atoms. The summed E-state index contributed by atoms with van der Waals surface area (Å²) < 4.78 is 11.9. The van der Waals surface area contributed by atoms with E-state index in [0.717, 1.165) is 36.6 Å². The van der Waals surface area contributed by atoms with Crippen LogP contribution in [-0.2, 0) is 0 Å². The second-order valence-corrected chi connectivity index (χ2v) is 20.8. The van der Waals surface area contributed by atoms with Gasteiger partial charge in [-0.25, -0.2) is 0 Å². The Morgan fingerprint density at radius 3 is 0.778 bits per heavy atom. The van der Waals surface area contributed by atoms with Gasteiger partial charge in [-0.05, 0) is 85.6 Å². The third-order valence-electron chi connectivity index (χ3n) is 14.2. The zero-order valence-corrected chi connectivity index (χ0v) is 46.2. The highest BCUT2D eigenvalue weighted by Gasteiger charge is 2.10. The molecule has 3 aromatic rings. The van der Waals surface area contributed by atoms with Crippen LogP contribution in [0.25, 0.3) is 0 Å². The molecule has 0 spiro atoms. The molecule has 3 aromatic carbocycles. The average molecular weight is 994 g/mol. The van der Waals surface area contributed by atoms with E-state index in [1.807, 2.05) is 24.3 Å². The van der Waals surface area contributed by atoms with Gasteiger partial charge in [0.15, 0.2) is 0 Å². The number of amides is 2. The maximum atomic E-state index is 12.8. The number of hydrazine groups is 1. The summed E-state index contributed by atoms with van der Waals surface area (Å²) in [5.41, 5.74) is 7.16. The highest BCUT2D eigenvalue weighted by molar-refractivity contribution is 5.99. The first kappa shape index (κ1) is 62.1. The van der Waals surface area contributed by atoms with E-state index in [-0.39, 0.29) is 0 Å². The SMILES string of the molecule is CCCCCCCCCCCCCCCCCCCCCCOc1ccc(N=Nc2ccc(C(=O)NNC(=O)c3ccc(OCCCCCCCCCCCCCCCCCCCCCC)cc3)cc2)cc1. The lowest BCUT2D eigenvalue weighted by atomic mass is 10.0. The van der Waals surface area contributed by atoms with Crippen molar-refractivity contribution in [2.75, 3.05) is 13.2 Å². The van der Waals surface area contributed by atoms with Crippen LogP contribution >= 0.6 is 0 Å². The fourth-order valence-corrected chi connectivity index (χ4v) is 9.46. The molecule has 0 saturated heterocycles. The van der Waals surface area contributed by atoms with Gasteiger partial charge < -0.3 is 9.47 Å². The number of unbranched alkanes of at least 4 members (excludes halogenated alkanes) is 38. The van der Waals surface area contributed by atoms with Gasteiger partial charge in [0.25, 0.3) is 11.8 Å². The molecule has 0 radical (unpaired) electrons. The largest absolute Gasteiger partial charge is 0.494 e. The molecule has 0 aliphatic carbocycles. The number of carbonyl (C=O) groups excluding carboxylic acids is 2. The van der Waals surface area contributed by atoms with Gasteiger partial charge in [0, 0.05) is 11.1 Å². The number of nitrogens with zero attached hydrogens (tertiary/aromatic N) is 2. The quantitative estimate of drug-likeness (QED) is 0.0334. The smallest absolute Gasteiger partial charge is 0.269 e. The van der Waals surface area contributed by atoms with Gasteiger partial charge in [-0.2, -0.15) is 10.2 Å². The zero-order chi connectivity index (χ0) is 51.0. The lowest BCUT2D eigenvalue weighted by Crippen LogP contribution is -2.41. The van der Waals surface area contributed by atoms with Crippen LogP contribution in [0, 0.1) is 0 Å². The fourth-order valence-electron chi connectivity index (χ4n) is 9.46. The molecule has 0 fully saturated rings. The molecule has 0 heterocycles. The molecular formula is C64H104N4O4. The van der Waals surface area contributed by atoms with E-state index in [0.29, 0.717) is 23.4 Å². The Kier molecular flexibility index (Phi) is 39.2. The Hall–Kier alpha value is -4.20. The monoisotopic (exact) mass is 993 g/mol. The van der Waals surface area contributed by atoms with Crippen LogP contribution in [0.3, 0.4) is 0 Å². The van der Waals surface area contributed by atoms with E-state index in [4.69, 9.17) is 9.47 Å². The number of azo groups is 1. The van der Waals surface area contributed by atoms with Crippen LogP contribution in [0.5, 0.6) is 11.5 Å². The Morgan fingerprint density at radius 2 is 0.514 bits per heavy atom. The highest BCUT2D eigenvalue weighted by atomic mass is 16.5. The number of ether oxygens (including phenoxy) is 2. The van der Waals surface area contributed by atoms with Gasteiger partial charge in [0.1, 0.15) is 11.5 Å². The number of benzene rings is 3. The van der Waals surface area contributed by atoms with E-state index < -0.39 is 11.8 Å². The highest BCUT2D eigenvalue weighted by Crippen LogP contribution is 2.23. The van der Waals surface area contributed by atoms with Gasteiger partial charge >= 0.3 is 0 Å². The Bertz CT molecular complexity index is 1730. The molecule has 3 rings (SSSR count). The zero-order valence-electron chi connectivity index (χ0n) is 46.2. The molecule has 8 nitrogen and oxygen atoms in total. The minimum atomic E-state index is -0.424. The first-order chi connectivity index (χ1) is 35.6. The summed E-state index contributed by atoms with van der Waals surface area (Å²) in [7, 11) is 0. The standard InChI is InChI=1S/C64H104N4O4/c1-3-5-7-9-11-13-15-17-19-21-23-25-27-29-31-33-35-37-39-41-55-71-61-51-45-58(46-52-61)64(70)68-67-63(69)57-43-47-59(48-44-57)65-66-60-49-53-62(54-50-60)72-56-42-40-38-36-34-32-30-28-26-24-22-20-18-16-14-12-10-8-6-4-2/h43-54H,3-42,55-56H2,1-2H3,(H,67,69)(H,68,70). The van der Waals surface area contributed by atoms with Crippen LogP contribution in [-0.4, -0.2) is 25.0 Å². The van der Waals surface area contributed by atoms with Crippen molar-refractivity contribution in [3.63, 3.8) is 0 Å². The van der Waals surface area contributed by atoms with Crippen molar-refractivity contribution in [3.8, 4) is 11.5 Å². The second-order valence-electron chi connectivity index (χ2n) is 20.8. The van der Waals surface area contributed by atoms with Crippen LogP contribution in [0.4, 0.5) is 11.4 Å². The van der Waals surface area contributed by atoms with Gasteiger partial charge in [-0.15, -0.1) is 0 Å². The Balaban J connectivity index is 1.11. The summed E-state index contributed by atoms with van der Waals surface area (Å²) in [6.45, 7) is 5.98. The first-order valence-corrected chi connectivity index (χ1v) is 30.2. The van der Waals surface area contributed by atoms with Crippen LogP contribution in [0.15, 0.2) is 83.0 Å². The number of carbonyl (C=O) groups is 2. The summed E-state index contributed by atoms with van der Waals surface area (Å²) >= 11 is 0. The minimum absolute atomic E-state index is 0.393. The summed E-state index contributed by atoms with van der Waals surface area (Å²) in [4.78, 5) is 25.5. The lowest BCUT2D eigenvalue weighted by Gasteiger charge is -2.09. The summed E-state index contributed by atoms with van der Waals surface area (Å²) in [6.07, 6.45) is 55.0. The summed E-state index contributed by atoms with van der Waals surface area (Å²) in [5, 5.41) is 8.67. The number of nitrogens with one attached hydrogen (secondary N) is 2. The van der Waals surface area contributed by atoms with E-state index in [9.17, 15) is 9.59 Å². The van der Waals surface area contributed by atoms with Crippen LogP contribution in [0.2, 0.25) is 0 Å². The molecular weight excluding hydrogens is 889 g/mol. The van der Waals surface area contributed by atoms with Gasteiger partial charge in [-0.3, -0.25) is 20.4 Å². The third kappa shape index (κ3) is 34.3. The second kappa shape index (κ2) is 45.4. The molecule has 8 heteroatoms. The molecule has 404 valence electrons. The molecule has 0 saturated carbocycles. The van der Waals surface area contributed by atoms with Crippen molar-refractivity contribution in [3.05, 3.63) is 83.9 Å². The summed E-state index contributed by atoms with van der Waals surface area (Å²) in [5.74, 6) is 0.754. The van der Waals surface area contributed by atoms with Gasteiger partial charge in [0.05, 0.1) is 24.6 Å². The number of rotatable bonds is 48. The molecule has 72 heavy (non-hydrogen) atoms. The molecule has 0 aliphatic heterocycles. The van der Waals surface area contributed by atoms with E-state index >= 15 is 0 Å². The molecule has 2 N–H and O–H groups in total. The first-order valence-electron chi connectivity index (χ1n) is 30.2. The van der Waals surface area contributed by atoms with Gasteiger partial charge in [0.2, 0.25) is 0 Å². The predicted octanol–water partition coefficient (Wildman–Crippen LogP) is 20.6. The molecule has 0 unspecified atom stereocenters. The molecule has 0 atom stereocenters. The third-order valence-corrected chi connectivity index (χ3v) is 14.2. The van der Waals surface area contributed by atoms with Gasteiger partial charge in [-0.1, -0.05) is 258 Å². The van der Waals surface area contributed by atoms with E-state index in [2.05, 4.69) is 34.9 Å². The number of hydrogen-bond acceptors (Lipinski definition) is 6. The average Bonchev–Trinajstić information content (AvgIpc) is 3.41. The lowest BCUT2D eigenvalue weighted by molar-refractivity contribution is 0.0846. The van der Waals surface area contributed by atoms with Crippen molar-refractivity contribution in [1.29, 1.82) is 0 Å². The minimum Gasteiger partial charge on any atom is -0.494 e. The van der Waals surface area contributed by atoms with Crippen molar-refractivity contribution in [2.45, 2.75) is 271 Å². The van der Waals surface area contributed by atoms with Crippen molar-refractivity contribution >= 4 is 23.2 Å². The predicted molar refractivity (Wildman–Crippen MR) is 305 cm³/mol. The maximum absolute atomic E-state index is 12.8. The van der Waals surface area contributed by atoms with Crippen molar-refractivity contribution < 1.29 is 19.1 Å². The van der Waals surface area contributed by atoms with Crippen molar-refractivity contribution in [1.82, 2.24) is 10.9 Å². The van der Waals surface area contributed by atoms with E-state index in [1.165, 1.54) is 244 Å². The Morgan fingerprint density at radius 1 is 0.306 bits per heavy atom. The fraction of sp³-hybridized carbons (Fsp3) is 0.688. The molecule has 0 aromatic heterocycles. The normalized spacial score (nSPS) is 11.4. The Labute approximate surface area is 440 Å². The maximum Gasteiger partial charge on any atom is 0.269 e. The number of hydrogen-bond donors (Lipinski definition) is 2. The van der Waals surface area contributed by atoms with E-state index in [1.54, 1.807) is 48.5 Å².